The third-order valence-electron chi connectivity index (χ3n) is 3.39. The molecule has 1 rings (SSSR count). The summed E-state index contributed by atoms with van der Waals surface area (Å²) in [5, 5.41) is 3.45. The van der Waals surface area contributed by atoms with Crippen molar-refractivity contribution in [3.63, 3.8) is 0 Å². The van der Waals surface area contributed by atoms with Gasteiger partial charge in [-0.25, -0.2) is 0 Å². The Hall–Kier alpha value is -0.570. The molecule has 17 heavy (non-hydrogen) atoms. The van der Waals surface area contributed by atoms with Crippen molar-refractivity contribution in [2.45, 2.75) is 58.9 Å². The van der Waals surface area contributed by atoms with Gasteiger partial charge in [0.2, 0.25) is 5.91 Å². The molecule has 0 radical (unpaired) electrons. The molecule has 1 fully saturated rings. The van der Waals surface area contributed by atoms with E-state index in [1.165, 1.54) is 0 Å². The highest BCUT2D eigenvalue weighted by Gasteiger charge is 2.42. The van der Waals surface area contributed by atoms with E-state index in [2.05, 4.69) is 33.0 Å². The van der Waals surface area contributed by atoms with Crippen LogP contribution in [0, 0.1) is 5.41 Å². The van der Waals surface area contributed by atoms with Crippen molar-refractivity contribution in [2.24, 2.45) is 5.41 Å². The van der Waals surface area contributed by atoms with Crippen LogP contribution in [0.3, 0.4) is 0 Å². The van der Waals surface area contributed by atoms with Crippen LogP contribution in [0.5, 0.6) is 0 Å². The minimum Gasteiger partial charge on any atom is -0.344 e. The molecule has 1 atom stereocenters. The Bertz CT molecular complexity index is 262. The van der Waals surface area contributed by atoms with Crippen LogP contribution in [-0.4, -0.2) is 36.5 Å². The Morgan fingerprint density at radius 1 is 1.41 bits per heavy atom. The van der Waals surface area contributed by atoms with Crippen LogP contribution in [0.25, 0.3) is 0 Å². The molecule has 1 amide bonds. The van der Waals surface area contributed by atoms with E-state index in [1.54, 1.807) is 0 Å². The Kier molecular flexibility index (Phi) is 4.59. The van der Waals surface area contributed by atoms with E-state index in [1.807, 2.05) is 11.9 Å². The number of carbonyl (C=O) groups excluding carboxylic acids is 1. The number of rotatable bonds is 4. The van der Waals surface area contributed by atoms with Gasteiger partial charge in [-0.3, -0.25) is 4.79 Å². The molecule has 0 saturated carbocycles. The van der Waals surface area contributed by atoms with Crippen LogP contribution in [0.15, 0.2) is 0 Å². The summed E-state index contributed by atoms with van der Waals surface area (Å²) in [5.74, 6) is 0.284. The van der Waals surface area contributed by atoms with E-state index in [-0.39, 0.29) is 16.9 Å². The second kappa shape index (κ2) is 5.38. The third kappa shape index (κ3) is 3.70. The lowest BCUT2D eigenvalue weighted by Crippen LogP contribution is -2.55. The Morgan fingerprint density at radius 3 is 2.47 bits per heavy atom. The molecular weight excluding hydrogens is 212 g/mol. The topological polar surface area (TPSA) is 32.3 Å². The average molecular weight is 240 g/mol. The monoisotopic (exact) mass is 240 g/mol. The number of hydrogen-bond acceptors (Lipinski definition) is 2. The van der Waals surface area contributed by atoms with Crippen LogP contribution in [0.2, 0.25) is 0 Å². The number of likely N-dealkylation sites (N-methyl/N-ethyl adjacent to an activating group) is 1. The summed E-state index contributed by atoms with van der Waals surface area (Å²) < 4.78 is 0. The van der Waals surface area contributed by atoms with Crippen molar-refractivity contribution in [1.82, 2.24) is 10.2 Å². The van der Waals surface area contributed by atoms with Crippen LogP contribution in [-0.2, 0) is 4.79 Å². The van der Waals surface area contributed by atoms with E-state index in [0.29, 0.717) is 0 Å². The summed E-state index contributed by atoms with van der Waals surface area (Å²) in [6.45, 7) is 10.5. The lowest BCUT2D eigenvalue weighted by molar-refractivity contribution is -0.138. The molecule has 0 aromatic carbocycles. The molecule has 1 N–H and O–H groups in total. The van der Waals surface area contributed by atoms with Gasteiger partial charge in [0.25, 0.3) is 0 Å². The van der Waals surface area contributed by atoms with Crippen LogP contribution in [0.4, 0.5) is 0 Å². The van der Waals surface area contributed by atoms with Gasteiger partial charge >= 0.3 is 0 Å². The zero-order valence-electron chi connectivity index (χ0n) is 12.1. The fourth-order valence-corrected chi connectivity index (χ4v) is 2.88. The number of nitrogens with zero attached hydrogens (tertiary/aromatic N) is 1. The maximum Gasteiger partial charge on any atom is 0.242 e. The smallest absolute Gasteiger partial charge is 0.242 e. The zero-order chi connectivity index (χ0) is 13.1. The number of carbonyl (C=O) groups is 1. The lowest BCUT2D eigenvalue weighted by Gasteiger charge is -2.35. The van der Waals surface area contributed by atoms with Crippen LogP contribution >= 0.6 is 0 Å². The molecule has 1 unspecified atom stereocenters. The maximum absolute atomic E-state index is 12.6. The highest BCUT2D eigenvalue weighted by Crippen LogP contribution is 2.28. The molecular formula is C14H28N2O. The fourth-order valence-electron chi connectivity index (χ4n) is 2.88. The van der Waals surface area contributed by atoms with Gasteiger partial charge in [-0.05, 0) is 31.2 Å². The van der Waals surface area contributed by atoms with Crippen molar-refractivity contribution in [3.05, 3.63) is 0 Å². The van der Waals surface area contributed by atoms with Gasteiger partial charge in [-0.15, -0.1) is 0 Å². The summed E-state index contributed by atoms with van der Waals surface area (Å²) in [7, 11) is 1.94. The minimum absolute atomic E-state index is 0.163. The van der Waals surface area contributed by atoms with Crippen molar-refractivity contribution >= 4 is 5.91 Å². The second-order valence-electron chi connectivity index (χ2n) is 6.58. The normalized spacial score (nSPS) is 25.0. The highest BCUT2D eigenvalue weighted by atomic mass is 16.2. The summed E-state index contributed by atoms with van der Waals surface area (Å²) >= 11 is 0. The van der Waals surface area contributed by atoms with Gasteiger partial charge in [0.05, 0.1) is 5.54 Å². The molecule has 0 spiro atoms. The van der Waals surface area contributed by atoms with Crippen molar-refractivity contribution < 1.29 is 4.79 Å². The first-order chi connectivity index (χ1) is 7.81. The van der Waals surface area contributed by atoms with Gasteiger partial charge in [0.15, 0.2) is 0 Å². The van der Waals surface area contributed by atoms with Gasteiger partial charge < -0.3 is 10.2 Å². The van der Waals surface area contributed by atoms with Crippen molar-refractivity contribution in [3.8, 4) is 0 Å². The van der Waals surface area contributed by atoms with Gasteiger partial charge in [-0.2, -0.15) is 0 Å². The highest BCUT2D eigenvalue weighted by molar-refractivity contribution is 5.86. The van der Waals surface area contributed by atoms with Gasteiger partial charge in [0, 0.05) is 13.6 Å². The second-order valence-corrected chi connectivity index (χ2v) is 6.58. The molecule has 1 aliphatic heterocycles. The Labute approximate surface area is 106 Å². The van der Waals surface area contributed by atoms with Crippen molar-refractivity contribution in [2.75, 3.05) is 20.1 Å². The first-order valence-electron chi connectivity index (χ1n) is 6.81. The lowest BCUT2D eigenvalue weighted by atomic mass is 9.89. The van der Waals surface area contributed by atoms with E-state index < -0.39 is 0 Å². The standard InChI is InChI=1S/C14H28N2O/c1-6-8-14(9-7-10-15-14)12(17)16(5)11-13(2,3)4/h15H,6-11H2,1-5H3. The van der Waals surface area contributed by atoms with Crippen molar-refractivity contribution in [1.29, 1.82) is 0 Å². The summed E-state index contributed by atoms with van der Waals surface area (Å²) in [6, 6.07) is 0. The quantitative estimate of drug-likeness (QED) is 0.818. The zero-order valence-corrected chi connectivity index (χ0v) is 12.1. The van der Waals surface area contributed by atoms with Crippen LogP contribution in [0.1, 0.15) is 53.4 Å². The van der Waals surface area contributed by atoms with Crippen LogP contribution < -0.4 is 5.32 Å². The van der Waals surface area contributed by atoms with E-state index in [9.17, 15) is 4.79 Å². The Balaban J connectivity index is 2.71. The largest absolute Gasteiger partial charge is 0.344 e. The molecule has 0 aromatic rings. The summed E-state index contributed by atoms with van der Waals surface area (Å²) in [4.78, 5) is 14.5. The van der Waals surface area contributed by atoms with Gasteiger partial charge in [0.1, 0.15) is 0 Å². The predicted octanol–water partition coefficient (Wildman–Crippen LogP) is 2.41. The molecule has 0 aliphatic carbocycles. The SMILES string of the molecule is CCCC1(C(=O)N(C)CC(C)(C)C)CCCN1. The molecule has 3 nitrogen and oxygen atoms in total. The molecule has 0 bridgehead atoms. The van der Waals surface area contributed by atoms with Gasteiger partial charge in [-0.1, -0.05) is 34.1 Å². The number of nitrogens with one attached hydrogen (secondary N) is 1. The number of hydrogen-bond donors (Lipinski definition) is 1. The summed E-state index contributed by atoms with van der Waals surface area (Å²) in [5.41, 5.74) is -0.106. The molecule has 3 heteroatoms. The Morgan fingerprint density at radius 2 is 2.06 bits per heavy atom. The van der Waals surface area contributed by atoms with E-state index >= 15 is 0 Å². The van der Waals surface area contributed by atoms with E-state index in [0.717, 1.165) is 38.8 Å². The third-order valence-corrected chi connectivity index (χ3v) is 3.39. The fraction of sp³-hybridized carbons (Fsp3) is 0.929. The predicted molar refractivity (Wildman–Crippen MR) is 72.0 cm³/mol. The first kappa shape index (κ1) is 14.5. The molecule has 1 saturated heterocycles. The molecule has 1 aliphatic rings. The summed E-state index contributed by atoms with van der Waals surface area (Å²) in [6.07, 6.45) is 4.13. The average Bonchev–Trinajstić information content (AvgIpc) is 2.64. The minimum atomic E-state index is -0.269. The van der Waals surface area contributed by atoms with E-state index in [4.69, 9.17) is 0 Å². The molecule has 1 heterocycles. The molecule has 100 valence electrons. The first-order valence-corrected chi connectivity index (χ1v) is 6.81. The number of amides is 1. The molecule has 0 aromatic heterocycles. The maximum atomic E-state index is 12.6.